The molecular formula is C15H23AgNO5S. The molecule has 6 nitrogen and oxygen atoms in total. The van der Waals surface area contributed by atoms with Crippen molar-refractivity contribution in [3.8, 4) is 0 Å². The van der Waals surface area contributed by atoms with E-state index in [1.54, 1.807) is 33.8 Å². The SMILES string of the molecule is CC(C)c1cc(C(C)C)c(S(=O)(=O)O)c(C(C)C)c1[N+](=O)[O-].[Ag]. The van der Waals surface area contributed by atoms with E-state index in [4.69, 9.17) is 0 Å². The van der Waals surface area contributed by atoms with Crippen LogP contribution in [0.4, 0.5) is 5.69 Å². The van der Waals surface area contributed by atoms with E-state index in [1.165, 1.54) is 0 Å². The van der Waals surface area contributed by atoms with Crippen molar-refractivity contribution >= 4 is 15.8 Å². The van der Waals surface area contributed by atoms with Gasteiger partial charge in [-0.15, -0.1) is 0 Å². The first-order valence-electron chi connectivity index (χ1n) is 7.22. The van der Waals surface area contributed by atoms with Crippen molar-refractivity contribution in [2.75, 3.05) is 0 Å². The zero-order valence-electron chi connectivity index (χ0n) is 14.0. The van der Waals surface area contributed by atoms with Crippen LogP contribution >= 0.6 is 0 Å². The number of benzene rings is 1. The second-order valence-electron chi connectivity index (χ2n) is 6.34. The first kappa shape index (κ1) is 22.3. The fourth-order valence-corrected chi connectivity index (χ4v) is 3.82. The third-order valence-corrected chi connectivity index (χ3v) is 4.58. The van der Waals surface area contributed by atoms with Gasteiger partial charge in [-0.3, -0.25) is 14.7 Å². The summed E-state index contributed by atoms with van der Waals surface area (Å²) in [5.41, 5.74) is 0.787. The standard InChI is InChI=1S/C15H23NO5S.Ag/c1-8(2)11-7-12(9(3)4)15(22(19,20)21)13(10(5)6)14(11)16(17)18;/h7-10H,1-6H3,(H,19,20,21);. The molecule has 0 amide bonds. The van der Waals surface area contributed by atoms with E-state index < -0.39 is 21.0 Å². The molecule has 0 aromatic heterocycles. The smallest absolute Gasteiger partial charge is 0.282 e. The summed E-state index contributed by atoms with van der Waals surface area (Å²) in [4.78, 5) is 10.7. The Hall–Kier alpha value is -0.730. The first-order valence-corrected chi connectivity index (χ1v) is 8.66. The molecule has 0 saturated carbocycles. The zero-order valence-corrected chi connectivity index (χ0v) is 16.3. The van der Waals surface area contributed by atoms with Crippen LogP contribution in [0.1, 0.15) is 76.0 Å². The molecule has 1 radical (unpaired) electrons. The van der Waals surface area contributed by atoms with Crippen LogP contribution in [-0.4, -0.2) is 17.9 Å². The molecule has 0 saturated heterocycles. The molecule has 1 aromatic rings. The van der Waals surface area contributed by atoms with Crippen LogP contribution in [0.15, 0.2) is 11.0 Å². The molecule has 0 aliphatic rings. The molecule has 0 spiro atoms. The third-order valence-electron chi connectivity index (χ3n) is 3.61. The number of hydrogen-bond donors (Lipinski definition) is 1. The summed E-state index contributed by atoms with van der Waals surface area (Å²) in [5.74, 6) is -0.730. The van der Waals surface area contributed by atoms with Crippen molar-refractivity contribution in [1.29, 1.82) is 0 Å². The second-order valence-corrected chi connectivity index (χ2v) is 7.70. The average Bonchev–Trinajstić information content (AvgIpc) is 2.34. The molecule has 0 fully saturated rings. The topological polar surface area (TPSA) is 97.5 Å². The summed E-state index contributed by atoms with van der Waals surface area (Å²) >= 11 is 0. The Bertz CT molecular complexity index is 696. The van der Waals surface area contributed by atoms with Gasteiger partial charge in [0, 0.05) is 27.9 Å². The second kappa shape index (κ2) is 7.90. The zero-order chi connectivity index (χ0) is 17.4. The van der Waals surface area contributed by atoms with Crippen LogP contribution in [-0.2, 0) is 32.5 Å². The molecule has 0 aliphatic carbocycles. The Kier molecular flexibility index (Phi) is 7.64. The minimum atomic E-state index is -4.56. The summed E-state index contributed by atoms with van der Waals surface area (Å²) in [5, 5.41) is 11.5. The Balaban J connectivity index is 0.00000484. The van der Waals surface area contributed by atoms with Gasteiger partial charge in [-0.25, -0.2) is 0 Å². The maximum atomic E-state index is 11.9. The first-order chi connectivity index (χ1) is 9.89. The number of nitro benzene ring substituents is 1. The molecule has 1 aromatic carbocycles. The van der Waals surface area contributed by atoms with Crippen molar-refractivity contribution in [2.45, 2.75) is 64.2 Å². The summed E-state index contributed by atoms with van der Waals surface area (Å²) < 4.78 is 33.4. The quantitative estimate of drug-likeness (QED) is 0.322. The van der Waals surface area contributed by atoms with Gasteiger partial charge in [-0.2, -0.15) is 8.42 Å². The van der Waals surface area contributed by atoms with Crippen molar-refractivity contribution in [3.63, 3.8) is 0 Å². The molecule has 0 unspecified atom stereocenters. The van der Waals surface area contributed by atoms with E-state index in [1.807, 2.05) is 13.8 Å². The van der Waals surface area contributed by atoms with Gasteiger partial charge < -0.3 is 0 Å². The average molecular weight is 437 g/mol. The van der Waals surface area contributed by atoms with Crippen molar-refractivity contribution < 1.29 is 40.3 Å². The Morgan fingerprint density at radius 1 is 1.00 bits per heavy atom. The third kappa shape index (κ3) is 4.64. The van der Waals surface area contributed by atoms with Gasteiger partial charge in [0.15, 0.2) is 0 Å². The molecule has 0 atom stereocenters. The number of nitro groups is 1. The van der Waals surface area contributed by atoms with Gasteiger partial charge >= 0.3 is 0 Å². The van der Waals surface area contributed by atoms with E-state index >= 15 is 0 Å². The Morgan fingerprint density at radius 2 is 1.43 bits per heavy atom. The van der Waals surface area contributed by atoms with Gasteiger partial charge in [0.05, 0.1) is 10.5 Å². The number of nitrogens with zero attached hydrogens (tertiary/aromatic N) is 1. The molecule has 0 heterocycles. The molecule has 0 bridgehead atoms. The molecule has 0 aliphatic heterocycles. The largest absolute Gasteiger partial charge is 0.295 e. The molecule has 1 N–H and O–H groups in total. The van der Waals surface area contributed by atoms with Gasteiger partial charge in [0.25, 0.3) is 15.8 Å². The van der Waals surface area contributed by atoms with Crippen LogP contribution in [0.5, 0.6) is 0 Å². The summed E-state index contributed by atoms with van der Waals surface area (Å²) in [6, 6.07) is 1.54. The Morgan fingerprint density at radius 3 is 1.70 bits per heavy atom. The molecule has 23 heavy (non-hydrogen) atoms. The van der Waals surface area contributed by atoms with Gasteiger partial charge in [-0.05, 0) is 29.4 Å². The summed E-state index contributed by atoms with van der Waals surface area (Å²) in [7, 11) is -4.56. The van der Waals surface area contributed by atoms with E-state index in [9.17, 15) is 23.1 Å². The minimum absolute atomic E-state index is 0. The Labute approximate surface area is 153 Å². The van der Waals surface area contributed by atoms with E-state index in [2.05, 4.69) is 0 Å². The molecular weight excluding hydrogens is 414 g/mol. The van der Waals surface area contributed by atoms with Gasteiger partial charge in [-0.1, -0.05) is 41.5 Å². The van der Waals surface area contributed by atoms with Crippen LogP contribution in [0.3, 0.4) is 0 Å². The number of rotatable bonds is 5. The van der Waals surface area contributed by atoms with Crippen LogP contribution in [0.2, 0.25) is 0 Å². The van der Waals surface area contributed by atoms with E-state index in [-0.39, 0.29) is 50.4 Å². The predicted molar refractivity (Wildman–Crippen MR) is 85.2 cm³/mol. The van der Waals surface area contributed by atoms with Crippen molar-refractivity contribution in [1.82, 2.24) is 0 Å². The molecule has 135 valence electrons. The van der Waals surface area contributed by atoms with Gasteiger partial charge in [0.2, 0.25) is 0 Å². The molecule has 1 rings (SSSR count). The normalized spacial score (nSPS) is 11.9. The minimum Gasteiger partial charge on any atom is -0.282 e. The van der Waals surface area contributed by atoms with E-state index in [0.29, 0.717) is 11.1 Å². The van der Waals surface area contributed by atoms with Crippen molar-refractivity contribution in [3.05, 3.63) is 32.9 Å². The molecule has 8 heteroatoms. The monoisotopic (exact) mass is 436 g/mol. The van der Waals surface area contributed by atoms with Crippen LogP contribution in [0.25, 0.3) is 0 Å². The maximum absolute atomic E-state index is 11.9. The van der Waals surface area contributed by atoms with Crippen LogP contribution in [0, 0.1) is 10.1 Å². The fraction of sp³-hybridized carbons (Fsp3) is 0.600. The maximum Gasteiger partial charge on any atom is 0.295 e. The van der Waals surface area contributed by atoms with E-state index in [0.717, 1.165) is 0 Å². The summed E-state index contributed by atoms with van der Waals surface area (Å²) in [6.07, 6.45) is 0. The fourth-order valence-electron chi connectivity index (χ4n) is 2.62. The predicted octanol–water partition coefficient (Wildman–Crippen LogP) is 4.21. The summed E-state index contributed by atoms with van der Waals surface area (Å²) in [6.45, 7) is 10.6. The van der Waals surface area contributed by atoms with Crippen LogP contribution < -0.4 is 0 Å². The number of hydrogen-bond acceptors (Lipinski definition) is 4. The van der Waals surface area contributed by atoms with Crippen molar-refractivity contribution in [2.24, 2.45) is 0 Å². The van der Waals surface area contributed by atoms with Gasteiger partial charge in [0.1, 0.15) is 4.90 Å².